The van der Waals surface area contributed by atoms with Crippen molar-refractivity contribution in [1.29, 1.82) is 0 Å². The normalized spacial score (nSPS) is 12.9. The van der Waals surface area contributed by atoms with E-state index in [1.807, 2.05) is 66.7 Å². The third kappa shape index (κ3) is 7.22. The lowest BCUT2D eigenvalue weighted by atomic mass is 10.1. The predicted molar refractivity (Wildman–Crippen MR) is 135 cm³/mol. The molecule has 1 atom stereocenters. The summed E-state index contributed by atoms with van der Waals surface area (Å²) in [6.07, 6.45) is 13.5. The summed E-state index contributed by atoms with van der Waals surface area (Å²) in [5, 5.41) is 11.1. The fourth-order valence-electron chi connectivity index (χ4n) is 3.13. The number of hydrogen-bond acceptors (Lipinski definition) is 6. The van der Waals surface area contributed by atoms with Gasteiger partial charge in [0.1, 0.15) is 5.75 Å². The third-order valence-electron chi connectivity index (χ3n) is 4.98. The average Bonchev–Trinajstić information content (AvgIpc) is 2.92. The molecule has 0 saturated heterocycles. The van der Waals surface area contributed by atoms with Gasteiger partial charge in [-0.05, 0) is 53.1 Å². The second-order valence-corrected chi connectivity index (χ2v) is 7.70. The average molecular weight is 465 g/mol. The molecule has 1 unspecified atom stereocenters. The first kappa shape index (κ1) is 23.6. The summed E-state index contributed by atoms with van der Waals surface area (Å²) >= 11 is 0. The van der Waals surface area contributed by atoms with E-state index >= 15 is 0 Å². The Bertz CT molecular complexity index is 1270. The van der Waals surface area contributed by atoms with Gasteiger partial charge in [-0.15, -0.1) is 0 Å². The number of esters is 1. The minimum absolute atomic E-state index is 0.226. The van der Waals surface area contributed by atoms with Gasteiger partial charge < -0.3 is 14.6 Å². The van der Waals surface area contributed by atoms with Gasteiger partial charge in [-0.3, -0.25) is 9.97 Å². The number of hydrogen-bond donors (Lipinski definition) is 1. The molecule has 6 heteroatoms. The van der Waals surface area contributed by atoms with Crippen LogP contribution >= 0.6 is 0 Å². The Balaban J connectivity index is 1.48. The van der Waals surface area contributed by atoms with E-state index in [0.29, 0.717) is 5.75 Å². The Morgan fingerprint density at radius 2 is 1.43 bits per heavy atom. The quantitative estimate of drug-likeness (QED) is 0.268. The number of benzene rings is 2. The molecule has 1 N–H and O–H groups in total. The molecule has 0 aliphatic heterocycles. The summed E-state index contributed by atoms with van der Waals surface area (Å²) in [7, 11) is 0. The van der Waals surface area contributed by atoms with Crippen LogP contribution in [0.1, 0.15) is 27.0 Å². The fourth-order valence-corrected chi connectivity index (χ4v) is 3.13. The Morgan fingerprint density at radius 3 is 2.09 bits per heavy atom. The van der Waals surface area contributed by atoms with E-state index in [1.165, 1.54) is 12.3 Å². The van der Waals surface area contributed by atoms with Crippen LogP contribution in [0.4, 0.5) is 0 Å². The molecule has 0 bridgehead atoms. The second-order valence-electron chi connectivity index (χ2n) is 7.70. The van der Waals surface area contributed by atoms with Crippen molar-refractivity contribution in [3.63, 3.8) is 0 Å². The van der Waals surface area contributed by atoms with E-state index in [0.717, 1.165) is 16.7 Å². The molecule has 6 nitrogen and oxygen atoms in total. The van der Waals surface area contributed by atoms with Gasteiger partial charge in [-0.1, -0.05) is 66.8 Å². The molecular formula is C29H24N2O4. The van der Waals surface area contributed by atoms with E-state index in [-0.39, 0.29) is 12.2 Å². The maximum absolute atomic E-state index is 12.6. The summed E-state index contributed by atoms with van der Waals surface area (Å²) in [6, 6.07) is 23.8. The van der Waals surface area contributed by atoms with Crippen molar-refractivity contribution < 1.29 is 19.4 Å². The predicted octanol–water partition coefficient (Wildman–Crippen LogP) is 5.28. The Hall–Kier alpha value is -4.55. The molecule has 0 saturated carbocycles. The molecule has 2 aromatic carbocycles. The smallest absolute Gasteiger partial charge is 0.342 e. The number of carbonyl (C=O) groups excluding carboxylic acids is 1. The number of aliphatic hydroxyl groups is 1. The van der Waals surface area contributed by atoms with E-state index in [9.17, 15) is 9.90 Å². The van der Waals surface area contributed by atoms with Gasteiger partial charge in [0.15, 0.2) is 6.61 Å². The number of aromatic nitrogens is 2. The van der Waals surface area contributed by atoms with E-state index in [4.69, 9.17) is 9.47 Å². The monoisotopic (exact) mass is 464 g/mol. The van der Waals surface area contributed by atoms with Crippen molar-refractivity contribution in [3.8, 4) is 5.75 Å². The topological polar surface area (TPSA) is 81.5 Å². The summed E-state index contributed by atoms with van der Waals surface area (Å²) in [5.74, 6) is -2.17. The van der Waals surface area contributed by atoms with Crippen LogP contribution in [0.3, 0.4) is 0 Å². The molecular weight excluding hydrogens is 440 g/mol. The summed E-state index contributed by atoms with van der Waals surface area (Å²) in [5.41, 5.74) is 3.06. The number of rotatable bonds is 9. The van der Waals surface area contributed by atoms with E-state index < -0.39 is 11.8 Å². The van der Waals surface area contributed by atoms with E-state index in [1.54, 1.807) is 48.9 Å². The lowest BCUT2D eigenvalue weighted by Crippen LogP contribution is -2.39. The van der Waals surface area contributed by atoms with Crippen molar-refractivity contribution >= 4 is 24.2 Å². The van der Waals surface area contributed by atoms with Gasteiger partial charge in [0.05, 0.1) is 5.56 Å². The molecule has 0 amide bonds. The molecule has 4 aromatic rings. The zero-order valence-electron chi connectivity index (χ0n) is 18.9. The van der Waals surface area contributed by atoms with Crippen LogP contribution in [0.5, 0.6) is 5.75 Å². The SMILES string of the molecule is O=C(OC(O)(/C=C/c1ccc(/C=C/c2cccnc2)cc1)COc1ccccc1)c1cccnc1. The number of pyridine rings is 2. The van der Waals surface area contributed by atoms with Crippen molar-refractivity contribution in [3.05, 3.63) is 132 Å². The molecule has 174 valence electrons. The van der Waals surface area contributed by atoms with Crippen LogP contribution in [0.25, 0.3) is 18.2 Å². The first-order valence-corrected chi connectivity index (χ1v) is 11.0. The van der Waals surface area contributed by atoms with Crippen LogP contribution in [-0.4, -0.2) is 33.4 Å². The standard InChI is InChI=1S/C29H24N2O4/c32-28(26-7-5-19-31-21-26)35-29(33,22-34-27-8-2-1-3-9-27)17-16-24-12-10-23(11-13-24)14-15-25-6-4-18-30-20-25/h1-21,33H,22H2/b15-14+,17-16+. The van der Waals surface area contributed by atoms with Gasteiger partial charge in [0.25, 0.3) is 5.79 Å². The molecule has 0 fully saturated rings. The van der Waals surface area contributed by atoms with Crippen LogP contribution in [0.2, 0.25) is 0 Å². The van der Waals surface area contributed by atoms with Gasteiger partial charge in [0, 0.05) is 24.8 Å². The molecule has 0 aliphatic carbocycles. The fraction of sp³-hybridized carbons (Fsp3) is 0.0690. The highest BCUT2D eigenvalue weighted by Crippen LogP contribution is 2.19. The van der Waals surface area contributed by atoms with Gasteiger partial charge in [-0.25, -0.2) is 4.79 Å². The zero-order valence-corrected chi connectivity index (χ0v) is 18.9. The third-order valence-corrected chi connectivity index (χ3v) is 4.98. The van der Waals surface area contributed by atoms with Gasteiger partial charge >= 0.3 is 5.97 Å². The lowest BCUT2D eigenvalue weighted by Gasteiger charge is -2.25. The molecule has 35 heavy (non-hydrogen) atoms. The van der Waals surface area contributed by atoms with Crippen molar-refractivity contribution in [2.45, 2.75) is 5.79 Å². The van der Waals surface area contributed by atoms with Gasteiger partial charge in [-0.2, -0.15) is 0 Å². The molecule has 0 aliphatic rings. The summed E-state index contributed by atoms with van der Waals surface area (Å²) < 4.78 is 11.1. The Morgan fingerprint density at radius 1 is 0.771 bits per heavy atom. The number of para-hydroxylation sites is 1. The molecule has 2 heterocycles. The Labute approximate surface area is 203 Å². The van der Waals surface area contributed by atoms with Crippen LogP contribution in [-0.2, 0) is 4.74 Å². The second kappa shape index (κ2) is 11.5. The maximum atomic E-state index is 12.6. The zero-order chi connectivity index (χ0) is 24.3. The van der Waals surface area contributed by atoms with Crippen molar-refractivity contribution in [1.82, 2.24) is 9.97 Å². The largest absolute Gasteiger partial charge is 0.486 e. The highest BCUT2D eigenvalue weighted by Gasteiger charge is 2.30. The van der Waals surface area contributed by atoms with Crippen LogP contribution in [0.15, 0.2) is 110 Å². The number of nitrogens with zero attached hydrogens (tertiary/aromatic N) is 2. The van der Waals surface area contributed by atoms with E-state index in [2.05, 4.69) is 9.97 Å². The first-order valence-electron chi connectivity index (χ1n) is 11.0. The van der Waals surface area contributed by atoms with Crippen molar-refractivity contribution in [2.75, 3.05) is 6.61 Å². The van der Waals surface area contributed by atoms with Crippen LogP contribution in [0, 0.1) is 0 Å². The number of carbonyl (C=O) groups is 1. The highest BCUT2D eigenvalue weighted by atomic mass is 16.7. The van der Waals surface area contributed by atoms with Crippen LogP contribution < -0.4 is 4.74 Å². The minimum Gasteiger partial charge on any atom is -0.486 e. The maximum Gasteiger partial charge on any atom is 0.342 e. The summed E-state index contributed by atoms with van der Waals surface area (Å²) in [6.45, 7) is -0.286. The molecule has 0 spiro atoms. The lowest BCUT2D eigenvalue weighted by molar-refractivity contribution is -0.147. The molecule has 4 rings (SSSR count). The summed E-state index contributed by atoms with van der Waals surface area (Å²) in [4.78, 5) is 20.6. The molecule has 2 aromatic heterocycles. The first-order chi connectivity index (χ1) is 17.1. The number of ether oxygens (including phenoxy) is 2. The van der Waals surface area contributed by atoms with Crippen molar-refractivity contribution in [2.24, 2.45) is 0 Å². The molecule has 0 radical (unpaired) electrons. The highest BCUT2D eigenvalue weighted by molar-refractivity contribution is 5.89. The Kier molecular flexibility index (Phi) is 7.78. The minimum atomic E-state index is -2.00. The van der Waals surface area contributed by atoms with Gasteiger partial charge in [0.2, 0.25) is 0 Å².